The fraction of sp³-hybridized carbons (Fsp3) is 0.459. The van der Waals surface area contributed by atoms with Crippen molar-refractivity contribution in [3.63, 3.8) is 0 Å². The van der Waals surface area contributed by atoms with Crippen molar-refractivity contribution in [2.24, 2.45) is 0 Å². The van der Waals surface area contributed by atoms with Gasteiger partial charge in [-0.1, -0.05) is 50.5 Å². The number of hydrogen-bond donors (Lipinski definition) is 0. The van der Waals surface area contributed by atoms with Crippen LogP contribution in [0.15, 0.2) is 66.7 Å². The molecular formula is C37H40F8O6. The first kappa shape index (κ1) is 41.2. The molecule has 3 aromatic rings. The lowest BCUT2D eigenvalue weighted by molar-refractivity contribution is -0.361. The number of alkyl halides is 7. The number of benzene rings is 3. The molecule has 0 aliphatic rings. The molecule has 0 bridgehead atoms. The Morgan fingerprint density at radius 1 is 0.706 bits per heavy atom. The highest BCUT2D eigenvalue weighted by Gasteiger charge is 2.72. The van der Waals surface area contributed by atoms with Gasteiger partial charge in [-0.15, -0.1) is 0 Å². The van der Waals surface area contributed by atoms with Gasteiger partial charge in [0.1, 0.15) is 12.4 Å². The van der Waals surface area contributed by atoms with E-state index < -0.39 is 43.0 Å². The van der Waals surface area contributed by atoms with Gasteiger partial charge in [0.2, 0.25) is 0 Å². The fourth-order valence-electron chi connectivity index (χ4n) is 4.76. The molecule has 14 heteroatoms. The van der Waals surface area contributed by atoms with Crippen LogP contribution in [0.5, 0.6) is 11.5 Å². The summed E-state index contributed by atoms with van der Waals surface area (Å²) in [6, 6.07) is 16.9. The maximum Gasteiger partial charge on any atom is 0.459 e. The second-order valence-corrected chi connectivity index (χ2v) is 11.9. The third kappa shape index (κ3) is 12.2. The summed E-state index contributed by atoms with van der Waals surface area (Å²) in [6.07, 6.45) is -0.800. The van der Waals surface area contributed by atoms with Gasteiger partial charge in [-0.2, -0.15) is 30.7 Å². The van der Waals surface area contributed by atoms with E-state index in [4.69, 9.17) is 14.2 Å². The average molecular weight is 733 g/mol. The highest BCUT2D eigenvalue weighted by Crippen LogP contribution is 2.46. The largest absolute Gasteiger partial charge is 0.491 e. The predicted octanol–water partition coefficient (Wildman–Crippen LogP) is 10.6. The van der Waals surface area contributed by atoms with Crippen molar-refractivity contribution in [2.45, 2.75) is 89.3 Å². The molecule has 0 heterocycles. The SMILES string of the molecule is CCCCCC[C@H](C)OC(=O)c1ccc(-c2ccc(OC(=O)c3ccc(OCCCCCOCC(F)(F)C(F)(F)C(F)(F)F)c(F)c3)cc2)cc1. The summed E-state index contributed by atoms with van der Waals surface area (Å²) < 4.78 is 124. The molecule has 0 unspecified atom stereocenters. The summed E-state index contributed by atoms with van der Waals surface area (Å²) in [4.78, 5) is 25.1. The van der Waals surface area contributed by atoms with Gasteiger partial charge in [-0.25, -0.2) is 14.0 Å². The lowest BCUT2D eigenvalue weighted by Gasteiger charge is -2.27. The molecule has 0 aliphatic carbocycles. The van der Waals surface area contributed by atoms with E-state index in [1.807, 2.05) is 6.92 Å². The van der Waals surface area contributed by atoms with Gasteiger partial charge in [0, 0.05) is 6.61 Å². The molecule has 3 rings (SSSR count). The Morgan fingerprint density at radius 2 is 1.29 bits per heavy atom. The number of rotatable bonds is 20. The summed E-state index contributed by atoms with van der Waals surface area (Å²) in [7, 11) is 0. The minimum absolute atomic E-state index is 0.0411. The molecule has 280 valence electrons. The van der Waals surface area contributed by atoms with Crippen LogP contribution < -0.4 is 9.47 Å². The topological polar surface area (TPSA) is 71.1 Å². The molecule has 0 amide bonds. The first-order chi connectivity index (χ1) is 24.1. The van der Waals surface area contributed by atoms with Gasteiger partial charge in [-0.3, -0.25) is 0 Å². The number of carbonyl (C=O) groups excluding carboxylic acids is 2. The van der Waals surface area contributed by atoms with E-state index >= 15 is 0 Å². The van der Waals surface area contributed by atoms with E-state index in [1.165, 1.54) is 12.1 Å². The van der Waals surface area contributed by atoms with Gasteiger partial charge < -0.3 is 18.9 Å². The van der Waals surface area contributed by atoms with Gasteiger partial charge in [0.25, 0.3) is 0 Å². The smallest absolute Gasteiger partial charge is 0.459 e. The molecule has 3 aromatic carbocycles. The van der Waals surface area contributed by atoms with Crippen LogP contribution in [0, 0.1) is 5.82 Å². The van der Waals surface area contributed by atoms with Crippen LogP contribution in [-0.4, -0.2) is 55.9 Å². The van der Waals surface area contributed by atoms with Crippen LogP contribution in [0.25, 0.3) is 11.1 Å². The van der Waals surface area contributed by atoms with Crippen LogP contribution in [-0.2, 0) is 9.47 Å². The Hall–Kier alpha value is -4.20. The molecule has 0 aliphatic heterocycles. The highest BCUT2D eigenvalue weighted by molar-refractivity contribution is 5.91. The van der Waals surface area contributed by atoms with Crippen LogP contribution >= 0.6 is 0 Å². The summed E-state index contributed by atoms with van der Waals surface area (Å²) in [6.45, 7) is 1.38. The van der Waals surface area contributed by atoms with Crippen LogP contribution in [0.1, 0.15) is 85.9 Å². The maximum atomic E-state index is 14.6. The molecule has 0 N–H and O–H groups in total. The van der Waals surface area contributed by atoms with Crippen LogP contribution in [0.4, 0.5) is 35.1 Å². The average Bonchev–Trinajstić information content (AvgIpc) is 3.08. The predicted molar refractivity (Wildman–Crippen MR) is 173 cm³/mol. The van der Waals surface area contributed by atoms with Gasteiger partial charge in [0.05, 0.1) is 23.8 Å². The third-order valence-corrected chi connectivity index (χ3v) is 7.75. The zero-order valence-electron chi connectivity index (χ0n) is 28.2. The molecule has 0 saturated carbocycles. The first-order valence-electron chi connectivity index (χ1n) is 16.5. The Morgan fingerprint density at radius 3 is 1.90 bits per heavy atom. The van der Waals surface area contributed by atoms with E-state index in [1.54, 1.807) is 48.5 Å². The van der Waals surface area contributed by atoms with Gasteiger partial charge in [0.15, 0.2) is 11.6 Å². The third-order valence-electron chi connectivity index (χ3n) is 7.75. The van der Waals surface area contributed by atoms with Crippen LogP contribution in [0.3, 0.4) is 0 Å². The Bertz CT molecular complexity index is 1540. The minimum atomic E-state index is -6.42. The molecule has 0 aromatic heterocycles. The number of ether oxygens (including phenoxy) is 4. The van der Waals surface area contributed by atoms with Crippen molar-refractivity contribution in [1.82, 2.24) is 0 Å². The normalized spacial score (nSPS) is 12.7. The van der Waals surface area contributed by atoms with Gasteiger partial charge >= 0.3 is 30.0 Å². The second kappa shape index (κ2) is 18.9. The van der Waals surface area contributed by atoms with Crippen LogP contribution in [0.2, 0.25) is 0 Å². The van der Waals surface area contributed by atoms with E-state index in [9.17, 15) is 44.7 Å². The molecule has 0 fully saturated rings. The van der Waals surface area contributed by atoms with Crippen molar-refractivity contribution in [1.29, 1.82) is 0 Å². The van der Waals surface area contributed by atoms with Crippen molar-refractivity contribution >= 4 is 11.9 Å². The molecular weight excluding hydrogens is 692 g/mol. The summed E-state index contributed by atoms with van der Waals surface area (Å²) in [5.41, 5.74) is 1.96. The number of esters is 2. The minimum Gasteiger partial charge on any atom is -0.491 e. The second-order valence-electron chi connectivity index (χ2n) is 11.9. The van der Waals surface area contributed by atoms with E-state index in [0.717, 1.165) is 49.3 Å². The summed E-state index contributed by atoms with van der Waals surface area (Å²) >= 11 is 0. The van der Waals surface area contributed by atoms with Gasteiger partial charge in [-0.05, 0) is 92.6 Å². The number of halogens is 8. The summed E-state index contributed by atoms with van der Waals surface area (Å²) in [5.74, 6) is -13.7. The van der Waals surface area contributed by atoms with Crippen molar-refractivity contribution in [3.05, 3.63) is 83.7 Å². The zero-order valence-corrected chi connectivity index (χ0v) is 28.2. The Kier molecular flexibility index (Phi) is 15.3. The molecule has 1 atom stereocenters. The van der Waals surface area contributed by atoms with Crippen molar-refractivity contribution < 1.29 is 63.7 Å². The summed E-state index contributed by atoms with van der Waals surface area (Å²) in [5, 5.41) is 0. The van der Waals surface area contributed by atoms with E-state index in [0.29, 0.717) is 5.56 Å². The first-order valence-corrected chi connectivity index (χ1v) is 16.5. The van der Waals surface area contributed by atoms with E-state index in [2.05, 4.69) is 11.7 Å². The molecule has 51 heavy (non-hydrogen) atoms. The quantitative estimate of drug-likeness (QED) is 0.0499. The fourth-order valence-corrected chi connectivity index (χ4v) is 4.76. The lowest BCUT2D eigenvalue weighted by atomic mass is 10.0. The van der Waals surface area contributed by atoms with E-state index in [-0.39, 0.29) is 55.0 Å². The zero-order chi connectivity index (χ0) is 37.7. The maximum absolute atomic E-state index is 14.6. The standard InChI is InChI=1S/C37H40F8O6/c1-3-4-5-7-10-25(2)50-33(46)28-13-11-26(12-14-28)27-15-18-30(19-16-27)51-34(47)29-17-20-32(31(38)23-29)49-22-9-6-8-21-48-24-35(39,40)36(41,42)37(43,44)45/h11-20,23,25H,3-10,21-22,24H2,1-2H3/t25-/m0/s1. The molecule has 0 radical (unpaired) electrons. The van der Waals surface area contributed by atoms with Crippen molar-refractivity contribution in [3.8, 4) is 22.6 Å². The number of unbranched alkanes of at least 4 members (excludes halogenated alkanes) is 5. The number of hydrogen-bond acceptors (Lipinski definition) is 6. The van der Waals surface area contributed by atoms with Crippen molar-refractivity contribution in [2.75, 3.05) is 19.8 Å². The Balaban J connectivity index is 1.40. The lowest BCUT2D eigenvalue weighted by Crippen LogP contribution is -2.54. The highest BCUT2D eigenvalue weighted by atomic mass is 19.4. The molecule has 0 saturated heterocycles. The Labute approximate surface area is 291 Å². The number of carbonyl (C=O) groups is 2. The molecule has 0 spiro atoms. The monoisotopic (exact) mass is 732 g/mol. The molecule has 6 nitrogen and oxygen atoms in total.